The van der Waals surface area contributed by atoms with Crippen LogP contribution in [-0.2, 0) is 11.2 Å². The summed E-state index contributed by atoms with van der Waals surface area (Å²) in [4.78, 5) is 15.4. The molecule has 1 unspecified atom stereocenters. The molecule has 1 atom stereocenters. The number of amides is 1. The number of para-hydroxylation sites is 1. The highest BCUT2D eigenvalue weighted by Gasteiger charge is 2.16. The second kappa shape index (κ2) is 6.54. The molecule has 118 valence electrons. The van der Waals surface area contributed by atoms with Crippen LogP contribution in [0.15, 0.2) is 54.7 Å². The van der Waals surface area contributed by atoms with Crippen molar-refractivity contribution in [2.75, 3.05) is 12.4 Å². The van der Waals surface area contributed by atoms with E-state index in [1.807, 2.05) is 30.5 Å². The SMILES string of the molecule is COc1ccc(NC(=O)C(N)Cc2c[nH]c3ccccc23)cc1. The van der Waals surface area contributed by atoms with Crippen LogP contribution in [0.5, 0.6) is 5.75 Å². The fraction of sp³-hybridized carbons (Fsp3) is 0.167. The van der Waals surface area contributed by atoms with Gasteiger partial charge >= 0.3 is 0 Å². The zero-order valence-corrected chi connectivity index (χ0v) is 12.9. The maximum absolute atomic E-state index is 12.3. The molecule has 0 spiro atoms. The van der Waals surface area contributed by atoms with Gasteiger partial charge in [-0.1, -0.05) is 18.2 Å². The van der Waals surface area contributed by atoms with E-state index in [0.717, 1.165) is 22.2 Å². The monoisotopic (exact) mass is 309 g/mol. The summed E-state index contributed by atoms with van der Waals surface area (Å²) >= 11 is 0. The number of hydrogen-bond acceptors (Lipinski definition) is 3. The minimum atomic E-state index is -0.615. The Hall–Kier alpha value is -2.79. The van der Waals surface area contributed by atoms with Gasteiger partial charge in [-0.05, 0) is 42.3 Å². The number of ether oxygens (including phenoxy) is 1. The van der Waals surface area contributed by atoms with Crippen LogP contribution < -0.4 is 15.8 Å². The summed E-state index contributed by atoms with van der Waals surface area (Å²) < 4.78 is 5.09. The molecular formula is C18H19N3O2. The fourth-order valence-corrected chi connectivity index (χ4v) is 2.54. The summed E-state index contributed by atoms with van der Waals surface area (Å²) in [5, 5.41) is 3.92. The zero-order valence-electron chi connectivity index (χ0n) is 12.9. The lowest BCUT2D eigenvalue weighted by molar-refractivity contribution is -0.117. The third-order valence-corrected chi connectivity index (χ3v) is 3.81. The minimum Gasteiger partial charge on any atom is -0.497 e. The van der Waals surface area contributed by atoms with Gasteiger partial charge in [0, 0.05) is 22.8 Å². The Labute approximate surface area is 134 Å². The quantitative estimate of drug-likeness (QED) is 0.678. The Morgan fingerprint density at radius 1 is 1.22 bits per heavy atom. The number of H-pyrrole nitrogens is 1. The number of carbonyl (C=O) groups is 1. The Balaban J connectivity index is 1.67. The lowest BCUT2D eigenvalue weighted by atomic mass is 10.0. The van der Waals surface area contributed by atoms with Gasteiger partial charge < -0.3 is 20.8 Å². The lowest BCUT2D eigenvalue weighted by Crippen LogP contribution is -2.37. The predicted octanol–water partition coefficient (Wildman–Crippen LogP) is 2.69. The van der Waals surface area contributed by atoms with Crippen molar-refractivity contribution in [3.63, 3.8) is 0 Å². The van der Waals surface area contributed by atoms with Gasteiger partial charge in [0.05, 0.1) is 13.2 Å². The van der Waals surface area contributed by atoms with Gasteiger partial charge in [0.25, 0.3) is 0 Å². The van der Waals surface area contributed by atoms with E-state index in [9.17, 15) is 4.79 Å². The number of aromatic amines is 1. The van der Waals surface area contributed by atoms with Gasteiger partial charge in [0.1, 0.15) is 5.75 Å². The van der Waals surface area contributed by atoms with Gasteiger partial charge in [-0.25, -0.2) is 0 Å². The van der Waals surface area contributed by atoms with Crippen molar-refractivity contribution in [3.8, 4) is 5.75 Å². The number of carbonyl (C=O) groups excluding carboxylic acids is 1. The molecule has 0 radical (unpaired) electrons. The largest absolute Gasteiger partial charge is 0.497 e. The molecule has 2 aromatic carbocycles. The molecule has 5 nitrogen and oxygen atoms in total. The first-order valence-corrected chi connectivity index (χ1v) is 7.43. The first kappa shape index (κ1) is 15.1. The van der Waals surface area contributed by atoms with E-state index in [2.05, 4.69) is 10.3 Å². The van der Waals surface area contributed by atoms with Gasteiger partial charge in [0.2, 0.25) is 5.91 Å². The van der Waals surface area contributed by atoms with Gasteiger partial charge in [-0.3, -0.25) is 4.79 Å². The van der Waals surface area contributed by atoms with Crippen LogP contribution >= 0.6 is 0 Å². The fourth-order valence-electron chi connectivity index (χ4n) is 2.54. The van der Waals surface area contributed by atoms with Crippen molar-refractivity contribution in [1.29, 1.82) is 0 Å². The van der Waals surface area contributed by atoms with Crippen LogP contribution in [0.1, 0.15) is 5.56 Å². The second-order valence-corrected chi connectivity index (χ2v) is 5.39. The number of nitrogens with two attached hydrogens (primary N) is 1. The van der Waals surface area contributed by atoms with Gasteiger partial charge in [0.15, 0.2) is 0 Å². The summed E-state index contributed by atoms with van der Waals surface area (Å²) in [7, 11) is 1.60. The summed E-state index contributed by atoms with van der Waals surface area (Å²) in [6, 6.07) is 14.5. The summed E-state index contributed by atoms with van der Waals surface area (Å²) in [6.45, 7) is 0. The number of anilines is 1. The van der Waals surface area contributed by atoms with Crippen molar-refractivity contribution < 1.29 is 9.53 Å². The summed E-state index contributed by atoms with van der Waals surface area (Å²) in [5.74, 6) is 0.534. The molecule has 3 rings (SSSR count). The van der Waals surface area contributed by atoms with E-state index in [1.165, 1.54) is 0 Å². The highest BCUT2D eigenvalue weighted by Crippen LogP contribution is 2.19. The second-order valence-electron chi connectivity index (χ2n) is 5.39. The van der Waals surface area contributed by atoms with E-state index in [4.69, 9.17) is 10.5 Å². The first-order chi connectivity index (χ1) is 11.2. The van der Waals surface area contributed by atoms with Crippen LogP contribution in [0.4, 0.5) is 5.69 Å². The highest BCUT2D eigenvalue weighted by atomic mass is 16.5. The van der Waals surface area contributed by atoms with Crippen LogP contribution in [0.3, 0.4) is 0 Å². The third kappa shape index (κ3) is 3.35. The average molecular weight is 309 g/mol. The molecule has 0 saturated carbocycles. The lowest BCUT2D eigenvalue weighted by Gasteiger charge is -2.12. The molecule has 0 saturated heterocycles. The predicted molar refractivity (Wildman–Crippen MR) is 91.6 cm³/mol. The molecule has 4 N–H and O–H groups in total. The number of benzene rings is 2. The zero-order chi connectivity index (χ0) is 16.2. The average Bonchev–Trinajstić information content (AvgIpc) is 2.98. The number of nitrogens with one attached hydrogen (secondary N) is 2. The van der Waals surface area contributed by atoms with Crippen LogP contribution in [0.2, 0.25) is 0 Å². The molecule has 1 aromatic heterocycles. The van der Waals surface area contributed by atoms with Crippen molar-refractivity contribution >= 4 is 22.5 Å². The molecule has 0 bridgehead atoms. The van der Waals surface area contributed by atoms with Crippen LogP contribution in [0, 0.1) is 0 Å². The Bertz CT molecular complexity index is 809. The van der Waals surface area contributed by atoms with E-state index >= 15 is 0 Å². The van der Waals surface area contributed by atoms with Crippen LogP contribution in [0.25, 0.3) is 10.9 Å². The Morgan fingerprint density at radius 3 is 2.70 bits per heavy atom. The first-order valence-electron chi connectivity index (χ1n) is 7.43. The van der Waals surface area contributed by atoms with E-state index in [0.29, 0.717) is 12.1 Å². The van der Waals surface area contributed by atoms with Crippen molar-refractivity contribution in [2.24, 2.45) is 5.73 Å². The normalized spacial score (nSPS) is 12.1. The number of methoxy groups -OCH3 is 1. The molecule has 1 heterocycles. The summed E-state index contributed by atoms with van der Waals surface area (Å²) in [5.41, 5.74) is 8.84. The number of fused-ring (bicyclic) bond motifs is 1. The van der Waals surface area contributed by atoms with Gasteiger partial charge in [-0.2, -0.15) is 0 Å². The maximum Gasteiger partial charge on any atom is 0.241 e. The number of aromatic nitrogens is 1. The standard InChI is InChI=1S/C18H19N3O2/c1-23-14-8-6-13(7-9-14)21-18(22)16(19)10-12-11-20-17-5-3-2-4-15(12)17/h2-9,11,16,20H,10,19H2,1H3,(H,21,22). The number of hydrogen-bond donors (Lipinski definition) is 3. The van der Waals surface area contributed by atoms with Crippen LogP contribution in [-0.4, -0.2) is 24.0 Å². The molecule has 23 heavy (non-hydrogen) atoms. The number of rotatable bonds is 5. The van der Waals surface area contributed by atoms with E-state index < -0.39 is 6.04 Å². The molecule has 0 aliphatic carbocycles. The molecule has 0 fully saturated rings. The van der Waals surface area contributed by atoms with E-state index in [1.54, 1.807) is 31.4 Å². The molecular weight excluding hydrogens is 290 g/mol. The van der Waals surface area contributed by atoms with Crippen molar-refractivity contribution in [2.45, 2.75) is 12.5 Å². The Kier molecular flexibility index (Phi) is 4.30. The summed E-state index contributed by atoms with van der Waals surface area (Å²) in [6.07, 6.45) is 2.39. The molecule has 1 amide bonds. The maximum atomic E-state index is 12.3. The van der Waals surface area contributed by atoms with Gasteiger partial charge in [-0.15, -0.1) is 0 Å². The third-order valence-electron chi connectivity index (χ3n) is 3.81. The van der Waals surface area contributed by atoms with E-state index in [-0.39, 0.29) is 5.91 Å². The smallest absolute Gasteiger partial charge is 0.241 e. The van der Waals surface area contributed by atoms with Crippen molar-refractivity contribution in [1.82, 2.24) is 4.98 Å². The Morgan fingerprint density at radius 2 is 1.96 bits per heavy atom. The van der Waals surface area contributed by atoms with Crippen molar-refractivity contribution in [3.05, 3.63) is 60.3 Å². The molecule has 5 heteroatoms. The minimum absolute atomic E-state index is 0.208. The molecule has 0 aliphatic heterocycles. The highest BCUT2D eigenvalue weighted by molar-refractivity contribution is 5.95. The molecule has 3 aromatic rings. The topological polar surface area (TPSA) is 80.1 Å². The molecule has 0 aliphatic rings.